The summed E-state index contributed by atoms with van der Waals surface area (Å²) < 4.78 is 5.12. The molecule has 3 aromatic rings. The van der Waals surface area contributed by atoms with Crippen molar-refractivity contribution in [2.75, 3.05) is 19.0 Å². The predicted octanol–water partition coefficient (Wildman–Crippen LogP) is 5.18. The number of carbonyl (C=O) groups excluding carboxylic acids is 1. The monoisotopic (exact) mass is 456 g/mol. The maximum Gasteiger partial charge on any atom is 0.335 e. The Hall–Kier alpha value is -3.67. The lowest BCUT2D eigenvalue weighted by Gasteiger charge is -2.29. The molecule has 176 valence electrons. The van der Waals surface area contributed by atoms with Gasteiger partial charge in [-0.1, -0.05) is 60.7 Å². The number of hydrogen-bond donors (Lipinski definition) is 1. The number of esters is 1. The molecule has 0 saturated carbocycles. The van der Waals surface area contributed by atoms with Crippen LogP contribution < -0.4 is 5.32 Å². The molecule has 4 rings (SSSR count). The molecule has 1 aromatic heterocycles. The number of benzene rings is 2. The molecule has 1 aliphatic rings. The fraction of sp³-hybridized carbons (Fsp3) is 0.321. The minimum atomic E-state index is -0.326. The molecule has 0 aliphatic carbocycles. The van der Waals surface area contributed by atoms with E-state index >= 15 is 0 Å². The maximum atomic E-state index is 12.7. The minimum absolute atomic E-state index is 0.0342. The molecule has 6 heteroatoms. The molecule has 0 saturated heterocycles. The summed E-state index contributed by atoms with van der Waals surface area (Å²) in [6.45, 7) is 7.12. The van der Waals surface area contributed by atoms with Gasteiger partial charge in [0.05, 0.1) is 18.4 Å². The van der Waals surface area contributed by atoms with Gasteiger partial charge in [-0.25, -0.2) is 14.8 Å². The van der Waals surface area contributed by atoms with Crippen LogP contribution in [0.2, 0.25) is 0 Å². The zero-order chi connectivity index (χ0) is 24.1. The summed E-state index contributed by atoms with van der Waals surface area (Å²) in [5.41, 5.74) is 4.63. The number of carbonyl (C=O) groups is 1. The lowest BCUT2D eigenvalue weighted by atomic mass is 9.99. The van der Waals surface area contributed by atoms with Gasteiger partial charge < -0.3 is 15.0 Å². The second kappa shape index (κ2) is 10.5. The molecule has 1 N–H and O–H groups in total. The maximum absolute atomic E-state index is 12.7. The first-order chi connectivity index (χ1) is 16.5. The summed E-state index contributed by atoms with van der Waals surface area (Å²) in [5.74, 6) is 1.11. The minimum Gasteiger partial charge on any atom is -0.466 e. The highest BCUT2D eigenvalue weighted by Crippen LogP contribution is 2.30. The van der Waals surface area contributed by atoms with Crippen LogP contribution in [0, 0.1) is 0 Å². The molecule has 0 amide bonds. The molecule has 0 unspecified atom stereocenters. The molecule has 34 heavy (non-hydrogen) atoms. The van der Waals surface area contributed by atoms with Gasteiger partial charge in [0.2, 0.25) is 0 Å². The van der Waals surface area contributed by atoms with Crippen molar-refractivity contribution < 1.29 is 9.53 Å². The van der Waals surface area contributed by atoms with Gasteiger partial charge in [-0.15, -0.1) is 0 Å². The number of hydrogen-bond acceptors (Lipinski definition) is 6. The molecular formula is C28H32N4O2. The van der Waals surface area contributed by atoms with E-state index in [4.69, 9.17) is 14.7 Å². The first kappa shape index (κ1) is 23.5. The average molecular weight is 457 g/mol. The summed E-state index contributed by atoms with van der Waals surface area (Å²) in [4.78, 5) is 24.8. The number of nitrogens with zero attached hydrogens (tertiary/aromatic N) is 3. The normalized spacial score (nSPS) is 14.5. The van der Waals surface area contributed by atoms with Crippen molar-refractivity contribution in [3.63, 3.8) is 0 Å². The van der Waals surface area contributed by atoms with Gasteiger partial charge in [0.1, 0.15) is 5.82 Å². The number of methoxy groups -OCH3 is 1. The first-order valence-corrected chi connectivity index (χ1v) is 11.8. The average Bonchev–Trinajstić information content (AvgIpc) is 2.85. The number of nitrogens with one attached hydrogen (secondary N) is 1. The Balaban J connectivity index is 1.82. The fourth-order valence-corrected chi connectivity index (χ4v) is 4.19. The summed E-state index contributed by atoms with van der Waals surface area (Å²) in [6, 6.07) is 20.6. The highest BCUT2D eigenvalue weighted by molar-refractivity contribution is 5.89. The SMILES string of the molecule is COC(=O)C1=CN(C(C)C)CCc2nc(-c3ccccc3)nc(N[C@@H](C)c3ccccc3)c2C1. The third kappa shape index (κ3) is 5.28. The van der Waals surface area contributed by atoms with E-state index in [1.54, 1.807) is 0 Å². The van der Waals surface area contributed by atoms with Crippen molar-refractivity contribution in [3.05, 3.63) is 89.3 Å². The van der Waals surface area contributed by atoms with E-state index in [1.165, 1.54) is 7.11 Å². The molecular weight excluding hydrogens is 424 g/mol. The Morgan fingerprint density at radius 1 is 1.00 bits per heavy atom. The van der Waals surface area contributed by atoms with Crippen LogP contribution in [0.4, 0.5) is 5.82 Å². The standard InChI is InChI=1S/C28H32N4O2/c1-19(2)32-16-15-25-24(17-23(18-32)28(33)34-4)27(29-20(3)21-11-7-5-8-12-21)31-26(30-25)22-13-9-6-10-14-22/h5-14,18-20H,15-17H2,1-4H3,(H,29,30,31)/t20-/m0/s1. The molecule has 2 aromatic carbocycles. The van der Waals surface area contributed by atoms with Gasteiger partial charge in [0.25, 0.3) is 0 Å². The number of aromatic nitrogens is 2. The summed E-state index contributed by atoms with van der Waals surface area (Å²) >= 11 is 0. The summed E-state index contributed by atoms with van der Waals surface area (Å²) in [6.07, 6.45) is 3.11. The molecule has 0 spiro atoms. The van der Waals surface area contributed by atoms with Crippen LogP contribution in [0.5, 0.6) is 0 Å². The van der Waals surface area contributed by atoms with Crippen LogP contribution in [0.1, 0.15) is 43.6 Å². The Kier molecular flexibility index (Phi) is 7.26. The van der Waals surface area contributed by atoms with Crippen molar-refractivity contribution in [2.24, 2.45) is 0 Å². The number of ether oxygens (including phenoxy) is 1. The fourth-order valence-electron chi connectivity index (χ4n) is 4.19. The van der Waals surface area contributed by atoms with Crippen LogP contribution in [-0.4, -0.2) is 40.5 Å². The number of rotatable bonds is 6. The summed E-state index contributed by atoms with van der Waals surface area (Å²) in [7, 11) is 1.42. The van der Waals surface area contributed by atoms with Gasteiger partial charge in [0.15, 0.2) is 5.82 Å². The van der Waals surface area contributed by atoms with Gasteiger partial charge >= 0.3 is 5.97 Å². The Labute approximate surface area is 201 Å². The number of anilines is 1. The van der Waals surface area contributed by atoms with Gasteiger partial charge in [0, 0.05) is 48.8 Å². The van der Waals surface area contributed by atoms with Crippen LogP contribution in [0.25, 0.3) is 11.4 Å². The van der Waals surface area contributed by atoms with E-state index in [0.717, 1.165) is 41.2 Å². The molecule has 0 radical (unpaired) electrons. The molecule has 0 fully saturated rings. The second-order valence-corrected chi connectivity index (χ2v) is 8.87. The molecule has 0 bridgehead atoms. The third-order valence-corrected chi connectivity index (χ3v) is 6.18. The quantitative estimate of drug-likeness (QED) is 0.516. The zero-order valence-electron chi connectivity index (χ0n) is 20.3. The second-order valence-electron chi connectivity index (χ2n) is 8.87. The van der Waals surface area contributed by atoms with Crippen molar-refractivity contribution in [2.45, 2.75) is 45.7 Å². The lowest BCUT2D eigenvalue weighted by Crippen LogP contribution is -2.31. The van der Waals surface area contributed by atoms with Crippen molar-refractivity contribution in [1.82, 2.24) is 14.9 Å². The van der Waals surface area contributed by atoms with Crippen molar-refractivity contribution in [3.8, 4) is 11.4 Å². The van der Waals surface area contributed by atoms with E-state index in [2.05, 4.69) is 43.1 Å². The van der Waals surface area contributed by atoms with E-state index in [1.807, 2.05) is 54.7 Å². The first-order valence-electron chi connectivity index (χ1n) is 11.8. The molecule has 1 aliphatic heterocycles. The number of fused-ring (bicyclic) bond motifs is 1. The Morgan fingerprint density at radius 2 is 1.68 bits per heavy atom. The van der Waals surface area contributed by atoms with E-state index in [-0.39, 0.29) is 18.1 Å². The van der Waals surface area contributed by atoms with Crippen LogP contribution >= 0.6 is 0 Å². The molecule has 2 heterocycles. The van der Waals surface area contributed by atoms with E-state index in [9.17, 15) is 4.79 Å². The van der Waals surface area contributed by atoms with Gasteiger partial charge in [-0.3, -0.25) is 0 Å². The molecule has 6 nitrogen and oxygen atoms in total. The van der Waals surface area contributed by atoms with Crippen LogP contribution in [0.15, 0.2) is 72.4 Å². The van der Waals surface area contributed by atoms with Crippen molar-refractivity contribution in [1.29, 1.82) is 0 Å². The Morgan fingerprint density at radius 3 is 2.32 bits per heavy atom. The summed E-state index contributed by atoms with van der Waals surface area (Å²) in [5, 5.41) is 3.61. The van der Waals surface area contributed by atoms with Gasteiger partial charge in [-0.05, 0) is 26.3 Å². The Bertz CT molecular complexity index is 1160. The highest BCUT2D eigenvalue weighted by atomic mass is 16.5. The highest BCUT2D eigenvalue weighted by Gasteiger charge is 2.25. The zero-order valence-corrected chi connectivity index (χ0v) is 20.3. The van der Waals surface area contributed by atoms with Crippen LogP contribution in [-0.2, 0) is 22.4 Å². The largest absolute Gasteiger partial charge is 0.466 e. The van der Waals surface area contributed by atoms with E-state index < -0.39 is 0 Å². The third-order valence-electron chi connectivity index (χ3n) is 6.18. The van der Waals surface area contributed by atoms with Gasteiger partial charge in [-0.2, -0.15) is 0 Å². The van der Waals surface area contributed by atoms with Crippen molar-refractivity contribution >= 4 is 11.8 Å². The van der Waals surface area contributed by atoms with E-state index in [0.29, 0.717) is 17.8 Å². The lowest BCUT2D eigenvalue weighted by molar-refractivity contribution is -0.136. The molecule has 1 atom stereocenters. The predicted molar refractivity (Wildman–Crippen MR) is 135 cm³/mol. The van der Waals surface area contributed by atoms with Crippen LogP contribution in [0.3, 0.4) is 0 Å². The smallest absolute Gasteiger partial charge is 0.335 e. The topological polar surface area (TPSA) is 67.3 Å².